The lowest BCUT2D eigenvalue weighted by Gasteiger charge is -2.33. The highest BCUT2D eigenvalue weighted by atomic mass is 32.2. The monoisotopic (exact) mass is 378 g/mol. The van der Waals surface area contributed by atoms with Gasteiger partial charge in [0, 0.05) is 33.1 Å². The summed E-state index contributed by atoms with van der Waals surface area (Å²) in [4.78, 5) is 2.50. The first-order valence-electron chi connectivity index (χ1n) is 9.01. The maximum atomic E-state index is 12.9. The minimum absolute atomic E-state index is 0.366. The van der Waals surface area contributed by atoms with Crippen LogP contribution in [0.1, 0.15) is 43.5 Å². The van der Waals surface area contributed by atoms with Gasteiger partial charge in [-0.15, -0.1) is 10.2 Å². The van der Waals surface area contributed by atoms with Crippen LogP contribution in [0.4, 0.5) is 0 Å². The molecule has 0 amide bonds. The molecule has 7 nitrogen and oxygen atoms in total. The van der Waals surface area contributed by atoms with E-state index < -0.39 is 10.0 Å². The van der Waals surface area contributed by atoms with Gasteiger partial charge in [-0.2, -0.15) is 4.31 Å². The van der Waals surface area contributed by atoms with Crippen molar-refractivity contribution in [3.63, 3.8) is 0 Å². The molecule has 0 bridgehead atoms. The van der Waals surface area contributed by atoms with E-state index in [0.717, 1.165) is 6.42 Å². The molecule has 0 N–H and O–H groups in total. The molecule has 2 aromatic rings. The van der Waals surface area contributed by atoms with Crippen molar-refractivity contribution in [1.29, 1.82) is 0 Å². The lowest BCUT2D eigenvalue weighted by atomic mass is 9.99. The highest BCUT2D eigenvalue weighted by Crippen LogP contribution is 2.23. The van der Waals surface area contributed by atoms with Gasteiger partial charge in [-0.3, -0.25) is 4.90 Å². The number of hydrogen-bond donors (Lipinski definition) is 0. The van der Waals surface area contributed by atoms with E-state index >= 15 is 0 Å². The number of aromatic nitrogens is 2. The van der Waals surface area contributed by atoms with Gasteiger partial charge in [0.15, 0.2) is 0 Å². The SMILES string of the molecule is CC[C@@H](C)c1ccc(S(=O)(=O)N2CCN(Cc3nnc(C)o3)CC2)cc1. The fourth-order valence-electron chi connectivity index (χ4n) is 3.07. The van der Waals surface area contributed by atoms with Gasteiger partial charge < -0.3 is 4.42 Å². The smallest absolute Gasteiger partial charge is 0.243 e. The zero-order valence-electron chi connectivity index (χ0n) is 15.6. The summed E-state index contributed by atoms with van der Waals surface area (Å²) in [5.74, 6) is 1.55. The van der Waals surface area contributed by atoms with Crippen molar-refractivity contribution in [1.82, 2.24) is 19.4 Å². The van der Waals surface area contributed by atoms with Crippen LogP contribution in [-0.4, -0.2) is 54.0 Å². The first-order valence-corrected chi connectivity index (χ1v) is 10.5. The topological polar surface area (TPSA) is 79.5 Å². The van der Waals surface area contributed by atoms with Crippen molar-refractivity contribution in [2.45, 2.75) is 44.6 Å². The van der Waals surface area contributed by atoms with Gasteiger partial charge >= 0.3 is 0 Å². The number of piperazine rings is 1. The highest BCUT2D eigenvalue weighted by molar-refractivity contribution is 7.89. The van der Waals surface area contributed by atoms with E-state index in [-0.39, 0.29) is 0 Å². The van der Waals surface area contributed by atoms with Gasteiger partial charge in [0.05, 0.1) is 11.4 Å². The standard InChI is InChI=1S/C18H26N4O3S/c1-4-14(2)16-5-7-17(8-6-16)26(23,24)22-11-9-21(10-12-22)13-18-20-19-15(3)25-18/h5-8,14H,4,9-13H2,1-3H3/t14-/m1/s1. The van der Waals surface area contributed by atoms with E-state index in [4.69, 9.17) is 4.42 Å². The van der Waals surface area contributed by atoms with Crippen molar-refractivity contribution in [2.24, 2.45) is 0 Å². The molecule has 142 valence electrons. The molecule has 8 heteroatoms. The minimum atomic E-state index is -3.45. The average molecular weight is 378 g/mol. The Labute approximate surface area is 155 Å². The van der Waals surface area contributed by atoms with Crippen molar-refractivity contribution >= 4 is 10.0 Å². The Morgan fingerprint density at radius 1 is 1.12 bits per heavy atom. The number of hydrogen-bond acceptors (Lipinski definition) is 6. The number of benzene rings is 1. The van der Waals surface area contributed by atoms with Crippen LogP contribution in [0.3, 0.4) is 0 Å². The van der Waals surface area contributed by atoms with Crippen LogP contribution in [0.15, 0.2) is 33.6 Å². The molecule has 1 fully saturated rings. The lowest BCUT2D eigenvalue weighted by Crippen LogP contribution is -2.48. The first kappa shape index (κ1) is 19.0. The molecule has 0 unspecified atom stereocenters. The van der Waals surface area contributed by atoms with Crippen molar-refractivity contribution < 1.29 is 12.8 Å². The Hall–Kier alpha value is -1.77. The third-order valence-electron chi connectivity index (χ3n) is 4.96. The Kier molecular flexibility index (Phi) is 5.74. The first-order chi connectivity index (χ1) is 12.4. The van der Waals surface area contributed by atoms with E-state index in [0.29, 0.717) is 55.3 Å². The second-order valence-corrected chi connectivity index (χ2v) is 8.71. The average Bonchev–Trinajstić information content (AvgIpc) is 3.06. The summed E-state index contributed by atoms with van der Waals surface area (Å²) in [6.45, 7) is 8.80. The predicted molar refractivity (Wildman–Crippen MR) is 98.2 cm³/mol. The van der Waals surface area contributed by atoms with E-state index in [1.54, 1.807) is 23.4 Å². The number of rotatable bonds is 6. The summed E-state index contributed by atoms with van der Waals surface area (Å²) in [6, 6.07) is 7.30. The minimum Gasteiger partial charge on any atom is -0.424 e. The van der Waals surface area contributed by atoms with Crippen LogP contribution < -0.4 is 0 Å². The molecule has 1 aliphatic heterocycles. The summed E-state index contributed by atoms with van der Waals surface area (Å²) < 4.78 is 32.7. The summed E-state index contributed by atoms with van der Waals surface area (Å²) >= 11 is 0. The van der Waals surface area contributed by atoms with Gasteiger partial charge in [0.2, 0.25) is 21.8 Å². The molecule has 1 aromatic heterocycles. The largest absolute Gasteiger partial charge is 0.424 e. The molecule has 0 spiro atoms. The summed E-state index contributed by atoms with van der Waals surface area (Å²) in [6.07, 6.45) is 1.04. The summed E-state index contributed by atoms with van der Waals surface area (Å²) in [5, 5.41) is 7.82. The van der Waals surface area contributed by atoms with Crippen molar-refractivity contribution in [2.75, 3.05) is 26.2 Å². The van der Waals surface area contributed by atoms with Crippen LogP contribution in [0, 0.1) is 6.92 Å². The molecule has 1 aliphatic rings. The van der Waals surface area contributed by atoms with Crippen molar-refractivity contribution in [3.05, 3.63) is 41.6 Å². The summed E-state index contributed by atoms with van der Waals surface area (Å²) in [7, 11) is -3.45. The third kappa shape index (κ3) is 4.13. The molecule has 0 saturated carbocycles. The Morgan fingerprint density at radius 3 is 2.31 bits per heavy atom. The van der Waals surface area contributed by atoms with Gasteiger partial charge in [0.1, 0.15) is 0 Å². The summed E-state index contributed by atoms with van der Waals surface area (Å²) in [5.41, 5.74) is 1.17. The number of aryl methyl sites for hydroxylation is 1. The van der Waals surface area contributed by atoms with E-state index in [1.165, 1.54) is 5.56 Å². The molecule has 26 heavy (non-hydrogen) atoms. The van der Waals surface area contributed by atoms with Gasteiger partial charge in [-0.05, 0) is 30.0 Å². The zero-order valence-corrected chi connectivity index (χ0v) is 16.4. The fraction of sp³-hybridized carbons (Fsp3) is 0.556. The quantitative estimate of drug-likeness (QED) is 0.768. The Bertz CT molecular complexity index is 824. The molecule has 1 saturated heterocycles. The maximum Gasteiger partial charge on any atom is 0.243 e. The fourth-order valence-corrected chi connectivity index (χ4v) is 4.50. The van der Waals surface area contributed by atoms with Crippen LogP contribution >= 0.6 is 0 Å². The molecular formula is C18H26N4O3S. The molecule has 1 aromatic carbocycles. The lowest BCUT2D eigenvalue weighted by molar-refractivity contribution is 0.167. The zero-order chi connectivity index (χ0) is 18.7. The van der Waals surface area contributed by atoms with Crippen LogP contribution in [0.25, 0.3) is 0 Å². The number of nitrogens with zero attached hydrogens (tertiary/aromatic N) is 4. The molecule has 0 aliphatic carbocycles. The number of sulfonamides is 1. The maximum absolute atomic E-state index is 12.9. The predicted octanol–water partition coefficient (Wildman–Crippen LogP) is 2.40. The molecule has 1 atom stereocenters. The Balaban J connectivity index is 1.62. The van der Waals surface area contributed by atoms with E-state index in [2.05, 4.69) is 28.9 Å². The van der Waals surface area contributed by atoms with Crippen molar-refractivity contribution in [3.8, 4) is 0 Å². The van der Waals surface area contributed by atoms with Crippen LogP contribution in [-0.2, 0) is 16.6 Å². The second-order valence-electron chi connectivity index (χ2n) is 6.77. The molecule has 3 rings (SSSR count). The third-order valence-corrected chi connectivity index (χ3v) is 6.87. The van der Waals surface area contributed by atoms with Crippen LogP contribution in [0.2, 0.25) is 0 Å². The highest BCUT2D eigenvalue weighted by Gasteiger charge is 2.29. The van der Waals surface area contributed by atoms with E-state index in [9.17, 15) is 8.42 Å². The molecule has 2 heterocycles. The second kappa shape index (κ2) is 7.85. The molecule has 0 radical (unpaired) electrons. The molecular weight excluding hydrogens is 352 g/mol. The normalized spacial score (nSPS) is 18.1. The van der Waals surface area contributed by atoms with Gasteiger partial charge in [-0.25, -0.2) is 8.42 Å². The van der Waals surface area contributed by atoms with E-state index in [1.807, 2.05) is 12.1 Å². The van der Waals surface area contributed by atoms with Crippen LogP contribution in [0.5, 0.6) is 0 Å². The Morgan fingerprint density at radius 2 is 1.77 bits per heavy atom. The van der Waals surface area contributed by atoms with Gasteiger partial charge in [-0.1, -0.05) is 26.0 Å². The van der Waals surface area contributed by atoms with Gasteiger partial charge in [0.25, 0.3) is 0 Å².